The van der Waals surface area contributed by atoms with Gasteiger partial charge in [-0.3, -0.25) is 0 Å². The van der Waals surface area contributed by atoms with Crippen molar-refractivity contribution >= 4 is 43.5 Å². The maximum Gasteiger partial charge on any atom is -0.000110 e. The second kappa shape index (κ2) is 6.30. The van der Waals surface area contributed by atoms with Gasteiger partial charge in [-0.1, -0.05) is 103 Å². The Morgan fingerprint density at radius 2 is 1.13 bits per heavy atom. The SMILES string of the molecule is c1ccc(C2=C(c3ccccc3)c3cc4ccc5cccc6ccc(c3C2)c4c56)cc1. The van der Waals surface area contributed by atoms with E-state index in [4.69, 9.17) is 0 Å². The second-order valence-corrected chi connectivity index (χ2v) is 8.52. The number of hydrogen-bond donors (Lipinski definition) is 0. The minimum absolute atomic E-state index is 0.970. The van der Waals surface area contributed by atoms with Crippen LogP contribution in [0.2, 0.25) is 0 Å². The fourth-order valence-electron chi connectivity index (χ4n) is 5.53. The monoisotopic (exact) mass is 392 g/mol. The summed E-state index contributed by atoms with van der Waals surface area (Å²) in [5.41, 5.74) is 8.27. The summed E-state index contributed by atoms with van der Waals surface area (Å²) in [6.45, 7) is 0. The molecule has 7 rings (SSSR count). The molecule has 0 atom stereocenters. The molecular formula is C31H20. The van der Waals surface area contributed by atoms with Crippen LogP contribution in [0.25, 0.3) is 43.5 Å². The first-order chi connectivity index (χ1) is 15.4. The van der Waals surface area contributed by atoms with E-state index >= 15 is 0 Å². The molecule has 0 radical (unpaired) electrons. The quantitative estimate of drug-likeness (QED) is 0.261. The van der Waals surface area contributed by atoms with E-state index < -0.39 is 0 Å². The lowest BCUT2D eigenvalue weighted by Crippen LogP contribution is -1.92. The van der Waals surface area contributed by atoms with Gasteiger partial charge in [0.05, 0.1) is 0 Å². The lowest BCUT2D eigenvalue weighted by Gasteiger charge is -2.15. The van der Waals surface area contributed by atoms with Crippen LogP contribution < -0.4 is 0 Å². The first-order valence-corrected chi connectivity index (χ1v) is 10.9. The summed E-state index contributed by atoms with van der Waals surface area (Å²) < 4.78 is 0. The molecule has 31 heavy (non-hydrogen) atoms. The highest BCUT2D eigenvalue weighted by molar-refractivity contribution is 6.25. The van der Waals surface area contributed by atoms with Gasteiger partial charge in [-0.2, -0.15) is 0 Å². The predicted molar refractivity (Wildman–Crippen MR) is 133 cm³/mol. The number of benzene rings is 6. The molecule has 0 aromatic heterocycles. The molecule has 0 aliphatic heterocycles. The van der Waals surface area contributed by atoms with Gasteiger partial charge in [0.1, 0.15) is 0 Å². The Labute approximate surface area is 181 Å². The molecule has 1 aliphatic carbocycles. The van der Waals surface area contributed by atoms with Gasteiger partial charge in [0.2, 0.25) is 0 Å². The van der Waals surface area contributed by atoms with E-state index in [1.807, 2.05) is 0 Å². The van der Waals surface area contributed by atoms with Gasteiger partial charge in [-0.25, -0.2) is 0 Å². The van der Waals surface area contributed by atoms with Gasteiger partial charge in [0, 0.05) is 0 Å². The van der Waals surface area contributed by atoms with Gasteiger partial charge in [-0.15, -0.1) is 0 Å². The zero-order valence-corrected chi connectivity index (χ0v) is 17.1. The van der Waals surface area contributed by atoms with E-state index in [-0.39, 0.29) is 0 Å². The van der Waals surface area contributed by atoms with Crippen molar-refractivity contribution in [3.63, 3.8) is 0 Å². The second-order valence-electron chi connectivity index (χ2n) is 8.52. The van der Waals surface area contributed by atoms with Crippen molar-refractivity contribution in [2.75, 3.05) is 0 Å². The van der Waals surface area contributed by atoms with Gasteiger partial charge in [-0.05, 0) is 78.2 Å². The number of fused-ring (bicyclic) bond motifs is 2. The number of rotatable bonds is 2. The average molecular weight is 393 g/mol. The average Bonchev–Trinajstić information content (AvgIpc) is 3.23. The lowest BCUT2D eigenvalue weighted by molar-refractivity contribution is 1.35. The van der Waals surface area contributed by atoms with Gasteiger partial charge >= 0.3 is 0 Å². The van der Waals surface area contributed by atoms with Gasteiger partial charge in [0.15, 0.2) is 0 Å². The zero-order valence-electron chi connectivity index (χ0n) is 17.1. The Hall–Kier alpha value is -3.90. The van der Waals surface area contributed by atoms with Crippen molar-refractivity contribution in [2.45, 2.75) is 6.42 Å². The van der Waals surface area contributed by atoms with Crippen LogP contribution in [-0.2, 0) is 6.42 Å². The van der Waals surface area contributed by atoms with Crippen LogP contribution in [0.1, 0.15) is 22.3 Å². The maximum absolute atomic E-state index is 2.43. The summed E-state index contributed by atoms with van der Waals surface area (Å²) in [5, 5.41) is 8.20. The third-order valence-corrected chi connectivity index (χ3v) is 6.87. The van der Waals surface area contributed by atoms with Crippen molar-refractivity contribution in [1.29, 1.82) is 0 Å². The summed E-state index contributed by atoms with van der Waals surface area (Å²) in [4.78, 5) is 0. The van der Waals surface area contributed by atoms with E-state index in [9.17, 15) is 0 Å². The van der Waals surface area contributed by atoms with Crippen molar-refractivity contribution < 1.29 is 0 Å². The third kappa shape index (κ3) is 2.36. The molecule has 0 saturated carbocycles. The Kier molecular flexibility index (Phi) is 3.42. The fraction of sp³-hybridized carbons (Fsp3) is 0.0323. The third-order valence-electron chi connectivity index (χ3n) is 6.87. The molecular weight excluding hydrogens is 372 g/mol. The first-order valence-electron chi connectivity index (χ1n) is 10.9. The minimum atomic E-state index is 0.970. The van der Waals surface area contributed by atoms with E-state index in [0.29, 0.717) is 0 Å². The van der Waals surface area contributed by atoms with Crippen LogP contribution in [0.5, 0.6) is 0 Å². The first kappa shape index (κ1) is 16.8. The molecule has 0 heterocycles. The molecule has 0 fully saturated rings. The Bertz CT molecular complexity index is 1600. The molecule has 0 saturated heterocycles. The summed E-state index contributed by atoms with van der Waals surface area (Å²) in [6, 6.07) is 40.1. The summed E-state index contributed by atoms with van der Waals surface area (Å²) >= 11 is 0. The maximum atomic E-state index is 2.43. The van der Waals surface area contributed by atoms with E-state index in [1.54, 1.807) is 0 Å². The van der Waals surface area contributed by atoms with Crippen LogP contribution in [0.4, 0.5) is 0 Å². The number of allylic oxidation sites excluding steroid dienone is 1. The van der Waals surface area contributed by atoms with Crippen LogP contribution >= 0.6 is 0 Å². The summed E-state index contributed by atoms with van der Waals surface area (Å²) in [7, 11) is 0. The van der Waals surface area contributed by atoms with E-state index in [2.05, 4.69) is 109 Å². The predicted octanol–water partition coefficient (Wildman–Crippen LogP) is 8.10. The molecule has 0 bridgehead atoms. The van der Waals surface area contributed by atoms with E-state index in [0.717, 1.165) is 6.42 Å². The highest BCUT2D eigenvalue weighted by atomic mass is 14.3. The largest absolute Gasteiger partial charge is 0.0622 e. The normalized spacial score (nSPS) is 13.5. The molecule has 6 aromatic carbocycles. The lowest BCUT2D eigenvalue weighted by atomic mass is 9.88. The summed E-state index contributed by atoms with van der Waals surface area (Å²) in [6.07, 6.45) is 0.970. The van der Waals surface area contributed by atoms with E-state index in [1.165, 1.54) is 65.7 Å². The molecule has 6 aromatic rings. The minimum Gasteiger partial charge on any atom is -0.0622 e. The molecule has 0 heteroatoms. The Balaban J connectivity index is 1.60. The van der Waals surface area contributed by atoms with Crippen LogP contribution in [0.15, 0.2) is 109 Å². The van der Waals surface area contributed by atoms with Crippen molar-refractivity contribution in [1.82, 2.24) is 0 Å². The highest BCUT2D eigenvalue weighted by Crippen LogP contribution is 2.47. The molecule has 0 N–H and O–H groups in total. The zero-order chi connectivity index (χ0) is 20.4. The van der Waals surface area contributed by atoms with Gasteiger partial charge < -0.3 is 0 Å². The fourth-order valence-corrected chi connectivity index (χ4v) is 5.53. The molecule has 1 aliphatic rings. The standard InChI is InChI=1S/C31H20/c1-3-8-20(9-4-1)26-19-27-25-17-16-23-13-7-12-22-14-15-24(31(25)29(22)23)18-28(27)30(26)21-10-5-2-6-11-21/h1-18H,19H2. The van der Waals surface area contributed by atoms with Gasteiger partial charge in [0.25, 0.3) is 0 Å². The van der Waals surface area contributed by atoms with Crippen LogP contribution in [0.3, 0.4) is 0 Å². The molecule has 144 valence electrons. The summed E-state index contributed by atoms with van der Waals surface area (Å²) in [5.74, 6) is 0. The molecule has 0 nitrogen and oxygen atoms in total. The Morgan fingerprint density at radius 3 is 1.87 bits per heavy atom. The Morgan fingerprint density at radius 1 is 0.484 bits per heavy atom. The van der Waals surface area contributed by atoms with Crippen molar-refractivity contribution in [3.8, 4) is 0 Å². The van der Waals surface area contributed by atoms with Crippen LogP contribution in [-0.4, -0.2) is 0 Å². The van der Waals surface area contributed by atoms with Crippen LogP contribution in [0, 0.1) is 0 Å². The topological polar surface area (TPSA) is 0 Å². The van der Waals surface area contributed by atoms with Crippen molar-refractivity contribution in [2.24, 2.45) is 0 Å². The highest BCUT2D eigenvalue weighted by Gasteiger charge is 2.27. The number of hydrogen-bond acceptors (Lipinski definition) is 0. The molecule has 0 unspecified atom stereocenters. The molecule has 0 spiro atoms. The van der Waals surface area contributed by atoms with Crippen molar-refractivity contribution in [3.05, 3.63) is 131 Å². The molecule has 0 amide bonds. The smallest absolute Gasteiger partial charge is 0.000110 e.